The highest BCUT2D eigenvalue weighted by Crippen LogP contribution is 2.24. The average Bonchev–Trinajstić information content (AvgIpc) is 2.55. The van der Waals surface area contributed by atoms with Crippen molar-refractivity contribution in [3.8, 4) is 0 Å². The fourth-order valence-electron chi connectivity index (χ4n) is 2.34. The van der Waals surface area contributed by atoms with Gasteiger partial charge in [-0.15, -0.1) is 4.52 Å². The normalized spacial score (nSPS) is 11.6. The maximum Gasteiger partial charge on any atom is 0.508 e. The summed E-state index contributed by atoms with van der Waals surface area (Å²) in [6.45, 7) is 3.24. The second-order valence-corrected chi connectivity index (χ2v) is 7.18. The van der Waals surface area contributed by atoms with Gasteiger partial charge in [-0.3, -0.25) is 0 Å². The molecular weight excluding hydrogens is 293 g/mol. The molecule has 4 heteroatoms. The Morgan fingerprint density at radius 2 is 1.59 bits per heavy atom. The predicted molar refractivity (Wildman–Crippen MR) is 94.5 cm³/mol. The monoisotopic (exact) mass is 324 g/mol. The van der Waals surface area contributed by atoms with E-state index < -0.39 is 8.03 Å². The van der Waals surface area contributed by atoms with E-state index in [1.165, 1.54) is 44.1 Å². The van der Waals surface area contributed by atoms with E-state index in [1.807, 2.05) is 0 Å². The Morgan fingerprint density at radius 1 is 0.955 bits per heavy atom. The van der Waals surface area contributed by atoms with Gasteiger partial charge in [0.25, 0.3) is 0 Å². The lowest BCUT2D eigenvalue weighted by Gasteiger charge is -2.03. The first kappa shape index (κ1) is 19.3. The molecule has 0 fully saturated rings. The number of rotatable bonds is 13. The van der Waals surface area contributed by atoms with Crippen LogP contribution in [0.15, 0.2) is 24.3 Å². The average molecular weight is 324 g/mol. The van der Waals surface area contributed by atoms with Crippen molar-refractivity contribution >= 4 is 8.03 Å². The molecule has 2 N–H and O–H groups in total. The first-order chi connectivity index (χ1) is 10.8. The third-order valence-corrected chi connectivity index (χ3v) is 4.86. The Balaban J connectivity index is 2.18. The van der Waals surface area contributed by atoms with Crippen molar-refractivity contribution in [3.63, 3.8) is 0 Å². The number of benzene rings is 1. The number of aryl methyl sites for hydroxylation is 1. The molecule has 0 aliphatic heterocycles. The van der Waals surface area contributed by atoms with Crippen molar-refractivity contribution in [1.82, 2.24) is 0 Å². The molecule has 0 aliphatic rings. The first-order valence-electron chi connectivity index (χ1n) is 8.61. The van der Waals surface area contributed by atoms with Gasteiger partial charge in [0.15, 0.2) is 6.16 Å². The summed E-state index contributed by atoms with van der Waals surface area (Å²) < 4.78 is 16.9. The Kier molecular flexibility index (Phi) is 11.2. The molecule has 0 amide bonds. The van der Waals surface area contributed by atoms with Crippen LogP contribution in [-0.4, -0.2) is 12.7 Å². The zero-order chi connectivity index (χ0) is 16.0. The largest absolute Gasteiger partial charge is 0.508 e. The van der Waals surface area contributed by atoms with Gasteiger partial charge in [-0.05, 0) is 35.1 Å². The maximum atomic E-state index is 11.6. The summed E-state index contributed by atoms with van der Waals surface area (Å²) in [4.78, 5) is 0. The molecule has 124 valence electrons. The molecule has 0 saturated carbocycles. The van der Waals surface area contributed by atoms with Crippen molar-refractivity contribution in [2.45, 2.75) is 64.9 Å². The summed E-state index contributed by atoms with van der Waals surface area (Å²) in [6.07, 6.45) is 10.5. The SMILES string of the molecule is CCCCCCCCc1ccc(CO[P+](=O)CCCN)cc1. The summed E-state index contributed by atoms with van der Waals surface area (Å²) in [7, 11) is -1.56. The molecule has 3 nitrogen and oxygen atoms in total. The fourth-order valence-corrected chi connectivity index (χ4v) is 3.21. The molecule has 0 bridgehead atoms. The summed E-state index contributed by atoms with van der Waals surface area (Å²) in [5, 5.41) is 0. The minimum atomic E-state index is -1.56. The van der Waals surface area contributed by atoms with Crippen LogP contribution in [0.4, 0.5) is 0 Å². The first-order valence-corrected chi connectivity index (χ1v) is 9.98. The van der Waals surface area contributed by atoms with Gasteiger partial charge in [0, 0.05) is 6.42 Å². The lowest BCUT2D eigenvalue weighted by Crippen LogP contribution is -2.00. The lowest BCUT2D eigenvalue weighted by molar-refractivity contribution is 0.318. The van der Waals surface area contributed by atoms with E-state index in [1.54, 1.807) is 0 Å². The minimum absolute atomic E-state index is 0.428. The van der Waals surface area contributed by atoms with Crippen molar-refractivity contribution in [1.29, 1.82) is 0 Å². The van der Waals surface area contributed by atoms with Gasteiger partial charge in [0.1, 0.15) is 6.61 Å². The van der Waals surface area contributed by atoms with Gasteiger partial charge >= 0.3 is 8.03 Å². The molecule has 1 aromatic carbocycles. The summed E-state index contributed by atoms with van der Waals surface area (Å²) in [5.41, 5.74) is 7.86. The Hall–Kier alpha value is -0.760. The molecule has 1 aromatic rings. The van der Waals surface area contributed by atoms with Gasteiger partial charge < -0.3 is 5.73 Å². The van der Waals surface area contributed by atoms with Gasteiger partial charge in [0.05, 0.1) is 0 Å². The van der Waals surface area contributed by atoms with Crippen LogP contribution in [0.3, 0.4) is 0 Å². The minimum Gasteiger partial charge on any atom is -0.330 e. The van der Waals surface area contributed by atoms with Gasteiger partial charge in [-0.1, -0.05) is 63.3 Å². The summed E-state index contributed by atoms with van der Waals surface area (Å²) in [6, 6.07) is 8.49. The smallest absolute Gasteiger partial charge is 0.330 e. The molecule has 1 atom stereocenters. The van der Waals surface area contributed by atoms with Gasteiger partial charge in [0.2, 0.25) is 0 Å². The van der Waals surface area contributed by atoms with Gasteiger partial charge in [-0.25, -0.2) is 0 Å². The molecule has 0 aromatic heterocycles. The number of nitrogens with two attached hydrogens (primary N) is 1. The zero-order valence-electron chi connectivity index (χ0n) is 13.9. The molecular formula is C18H31NO2P+. The molecule has 22 heavy (non-hydrogen) atoms. The predicted octanol–water partition coefficient (Wildman–Crippen LogP) is 5.20. The van der Waals surface area contributed by atoms with Crippen LogP contribution in [0.1, 0.15) is 63.0 Å². The molecule has 1 rings (SSSR count). The van der Waals surface area contributed by atoms with E-state index in [4.69, 9.17) is 10.3 Å². The molecule has 0 heterocycles. The lowest BCUT2D eigenvalue weighted by atomic mass is 10.0. The number of hydrogen-bond acceptors (Lipinski definition) is 3. The number of hydrogen-bond donors (Lipinski definition) is 1. The molecule has 1 unspecified atom stereocenters. The van der Waals surface area contributed by atoms with Crippen LogP contribution in [0.5, 0.6) is 0 Å². The van der Waals surface area contributed by atoms with Crippen molar-refractivity contribution < 1.29 is 9.09 Å². The second-order valence-electron chi connectivity index (χ2n) is 5.81. The highest BCUT2D eigenvalue weighted by Gasteiger charge is 2.15. The molecule has 0 radical (unpaired) electrons. The molecule has 0 saturated heterocycles. The topological polar surface area (TPSA) is 52.3 Å². The second kappa shape index (κ2) is 12.8. The molecule has 0 aliphatic carbocycles. The van der Waals surface area contributed by atoms with E-state index in [2.05, 4.69) is 31.2 Å². The van der Waals surface area contributed by atoms with Crippen LogP contribution in [0.2, 0.25) is 0 Å². The van der Waals surface area contributed by atoms with Gasteiger partial charge in [-0.2, -0.15) is 0 Å². The van der Waals surface area contributed by atoms with Crippen LogP contribution in [-0.2, 0) is 22.1 Å². The van der Waals surface area contributed by atoms with E-state index in [0.29, 0.717) is 19.3 Å². The maximum absolute atomic E-state index is 11.6. The summed E-state index contributed by atoms with van der Waals surface area (Å²) >= 11 is 0. The third kappa shape index (κ3) is 9.30. The fraction of sp³-hybridized carbons (Fsp3) is 0.667. The third-order valence-electron chi connectivity index (χ3n) is 3.76. The van der Waals surface area contributed by atoms with Crippen molar-refractivity contribution in [3.05, 3.63) is 35.4 Å². The zero-order valence-corrected chi connectivity index (χ0v) is 14.8. The van der Waals surface area contributed by atoms with E-state index in [0.717, 1.165) is 18.4 Å². The highest BCUT2D eigenvalue weighted by molar-refractivity contribution is 7.39. The van der Waals surface area contributed by atoms with E-state index in [-0.39, 0.29) is 0 Å². The Bertz CT molecular complexity index is 406. The van der Waals surface area contributed by atoms with Crippen LogP contribution >= 0.6 is 8.03 Å². The Morgan fingerprint density at radius 3 is 2.27 bits per heavy atom. The standard InChI is InChI=1S/C18H31NO2P/c1-2-3-4-5-6-7-9-17-10-12-18(13-11-17)16-21-22(20)15-8-14-19/h10-13H,2-9,14-16,19H2,1H3/q+1. The van der Waals surface area contributed by atoms with E-state index in [9.17, 15) is 4.57 Å². The van der Waals surface area contributed by atoms with Crippen molar-refractivity contribution in [2.24, 2.45) is 5.73 Å². The van der Waals surface area contributed by atoms with E-state index >= 15 is 0 Å². The number of unbranched alkanes of at least 4 members (excludes halogenated alkanes) is 5. The highest BCUT2D eigenvalue weighted by atomic mass is 31.1. The molecule has 0 spiro atoms. The Labute approximate surface area is 136 Å². The quantitative estimate of drug-likeness (QED) is 0.401. The van der Waals surface area contributed by atoms with Crippen LogP contribution < -0.4 is 5.73 Å². The van der Waals surface area contributed by atoms with Crippen LogP contribution in [0, 0.1) is 0 Å². The van der Waals surface area contributed by atoms with Crippen molar-refractivity contribution in [2.75, 3.05) is 12.7 Å². The van der Waals surface area contributed by atoms with Crippen LogP contribution in [0.25, 0.3) is 0 Å². The summed E-state index contributed by atoms with van der Waals surface area (Å²) in [5.74, 6) is 0.